The molecule has 284 valence electrons. The fraction of sp³-hybridized carbons (Fsp3) is 0. The van der Waals surface area contributed by atoms with E-state index in [9.17, 15) is 0 Å². The van der Waals surface area contributed by atoms with Crippen molar-refractivity contribution < 1.29 is 0 Å². The van der Waals surface area contributed by atoms with E-state index in [0.717, 1.165) is 67.0 Å². The van der Waals surface area contributed by atoms with Crippen LogP contribution in [0.1, 0.15) is 0 Å². The molecule has 0 unspecified atom stereocenters. The molecular weight excluding hydrogens is 743 g/mol. The molecule has 0 atom stereocenters. The molecule has 0 amide bonds. The van der Waals surface area contributed by atoms with E-state index in [4.69, 9.17) is 9.97 Å². The second-order valence-electron chi connectivity index (χ2n) is 15.8. The second-order valence-corrected chi connectivity index (χ2v) is 15.8. The minimum Gasteiger partial charge on any atom is -0.309 e. The number of benzene rings is 9. The first-order chi connectivity index (χ1) is 30.3. The fourth-order valence-electron chi connectivity index (χ4n) is 9.78. The summed E-state index contributed by atoms with van der Waals surface area (Å²) in [5, 5.41) is 7.32. The predicted molar refractivity (Wildman–Crippen MR) is 253 cm³/mol. The van der Waals surface area contributed by atoms with Gasteiger partial charge >= 0.3 is 0 Å². The van der Waals surface area contributed by atoms with Crippen molar-refractivity contribution >= 4 is 76.5 Å². The lowest BCUT2D eigenvalue weighted by Gasteiger charge is -2.16. The molecule has 0 fully saturated rings. The Balaban J connectivity index is 0.991. The van der Waals surface area contributed by atoms with Crippen LogP contribution in [0.5, 0.6) is 0 Å². The van der Waals surface area contributed by atoms with Gasteiger partial charge in [-0.25, -0.2) is 4.98 Å². The second kappa shape index (κ2) is 13.1. The summed E-state index contributed by atoms with van der Waals surface area (Å²) in [4.78, 5) is 10.9. The van der Waals surface area contributed by atoms with Crippen molar-refractivity contribution in [3.8, 4) is 39.4 Å². The monoisotopic (exact) mass is 777 g/mol. The van der Waals surface area contributed by atoms with Gasteiger partial charge < -0.3 is 13.7 Å². The molecule has 0 radical (unpaired) electrons. The number of hydrogen-bond donors (Lipinski definition) is 0. The molecular formula is C56H35N5. The molecule has 0 aliphatic heterocycles. The van der Waals surface area contributed by atoms with Crippen LogP contribution < -0.4 is 0 Å². The quantitative estimate of drug-likeness (QED) is 0.175. The van der Waals surface area contributed by atoms with Gasteiger partial charge in [-0.3, -0.25) is 4.98 Å². The van der Waals surface area contributed by atoms with Gasteiger partial charge in [0, 0.05) is 43.6 Å². The van der Waals surface area contributed by atoms with Gasteiger partial charge in [-0.2, -0.15) is 0 Å². The minimum atomic E-state index is 0.821. The standard InChI is InChI=1S/C56H35N5/c1-2-14-39(15-3-1)59-47-21-9-8-20-44(47)45-34-38(30-31-52(45)59)36-26-28-37(29-27-36)46-35-57-55-53(60-48-22-10-4-16-40(48)41-17-5-11-23-49(41)60)32-33-54(56(55)58-46)61-50-24-12-6-18-42(50)43-19-7-13-25-51(43)61/h1-35H. The number of aromatic nitrogens is 5. The Morgan fingerprint density at radius 1 is 0.295 bits per heavy atom. The van der Waals surface area contributed by atoms with Crippen molar-refractivity contribution in [1.29, 1.82) is 0 Å². The highest BCUT2D eigenvalue weighted by Gasteiger charge is 2.21. The average Bonchev–Trinajstić information content (AvgIpc) is 3.97. The summed E-state index contributed by atoms with van der Waals surface area (Å²) in [6, 6.07) is 73.9. The maximum absolute atomic E-state index is 5.56. The van der Waals surface area contributed by atoms with Crippen LogP contribution in [0.2, 0.25) is 0 Å². The molecule has 4 aromatic heterocycles. The molecule has 0 aliphatic carbocycles. The smallest absolute Gasteiger partial charge is 0.116 e. The van der Waals surface area contributed by atoms with E-state index < -0.39 is 0 Å². The minimum absolute atomic E-state index is 0.821. The highest BCUT2D eigenvalue weighted by Crippen LogP contribution is 2.40. The Morgan fingerprint density at radius 2 is 0.705 bits per heavy atom. The molecule has 61 heavy (non-hydrogen) atoms. The van der Waals surface area contributed by atoms with Crippen molar-refractivity contribution in [2.45, 2.75) is 0 Å². The van der Waals surface area contributed by atoms with Gasteiger partial charge in [0.05, 0.1) is 56.4 Å². The van der Waals surface area contributed by atoms with E-state index in [1.54, 1.807) is 0 Å². The van der Waals surface area contributed by atoms with Crippen LogP contribution in [0.3, 0.4) is 0 Å². The van der Waals surface area contributed by atoms with Crippen LogP contribution in [-0.2, 0) is 0 Å². The van der Waals surface area contributed by atoms with Crippen LogP contribution >= 0.6 is 0 Å². The van der Waals surface area contributed by atoms with E-state index in [0.29, 0.717) is 0 Å². The largest absolute Gasteiger partial charge is 0.309 e. The Hall–Kier alpha value is -8.28. The van der Waals surface area contributed by atoms with Crippen LogP contribution in [0.25, 0.3) is 116 Å². The van der Waals surface area contributed by atoms with Crippen LogP contribution in [0, 0.1) is 0 Å². The number of para-hydroxylation sites is 6. The first-order valence-electron chi connectivity index (χ1n) is 20.7. The summed E-state index contributed by atoms with van der Waals surface area (Å²) in [7, 11) is 0. The molecule has 0 aliphatic rings. The maximum atomic E-state index is 5.56. The zero-order chi connectivity index (χ0) is 40.0. The number of hydrogen-bond acceptors (Lipinski definition) is 2. The number of rotatable bonds is 5. The van der Waals surface area contributed by atoms with Crippen molar-refractivity contribution in [2.75, 3.05) is 0 Å². The summed E-state index contributed by atoms with van der Waals surface area (Å²) in [5.74, 6) is 0. The maximum Gasteiger partial charge on any atom is 0.116 e. The lowest BCUT2D eigenvalue weighted by Crippen LogP contribution is -2.03. The van der Waals surface area contributed by atoms with Crippen molar-refractivity contribution in [1.82, 2.24) is 23.7 Å². The van der Waals surface area contributed by atoms with Crippen LogP contribution in [0.4, 0.5) is 0 Å². The number of fused-ring (bicyclic) bond motifs is 10. The van der Waals surface area contributed by atoms with Crippen molar-refractivity contribution in [3.05, 3.63) is 212 Å². The molecule has 0 saturated heterocycles. The first-order valence-corrected chi connectivity index (χ1v) is 20.7. The molecule has 5 heteroatoms. The predicted octanol–water partition coefficient (Wildman–Crippen LogP) is 14.3. The van der Waals surface area contributed by atoms with E-state index >= 15 is 0 Å². The average molecular weight is 778 g/mol. The summed E-state index contributed by atoms with van der Waals surface area (Å²) >= 11 is 0. The zero-order valence-corrected chi connectivity index (χ0v) is 32.9. The van der Waals surface area contributed by atoms with Crippen molar-refractivity contribution in [2.24, 2.45) is 0 Å². The Labute approximate surface area is 350 Å². The van der Waals surface area contributed by atoms with Gasteiger partial charge in [0.25, 0.3) is 0 Å². The van der Waals surface area contributed by atoms with Crippen LogP contribution in [-0.4, -0.2) is 23.7 Å². The molecule has 13 rings (SSSR count). The highest BCUT2D eigenvalue weighted by molar-refractivity contribution is 6.13. The molecule has 5 nitrogen and oxygen atoms in total. The summed E-state index contributed by atoms with van der Waals surface area (Å²) in [5.41, 5.74) is 15.9. The zero-order valence-electron chi connectivity index (χ0n) is 32.9. The molecule has 0 bridgehead atoms. The Bertz CT molecular complexity index is 3760. The normalized spacial score (nSPS) is 11.9. The molecule has 0 saturated carbocycles. The molecule has 4 heterocycles. The topological polar surface area (TPSA) is 40.6 Å². The van der Waals surface area contributed by atoms with Gasteiger partial charge in [-0.1, -0.05) is 140 Å². The molecule has 0 N–H and O–H groups in total. The SMILES string of the molecule is c1ccc(-n2c3ccccc3c3cc(-c4ccc(-c5cnc6c(-n7c8ccccc8c8ccccc87)ccc(-n7c8ccccc8c8ccccc87)c6n5)cc4)ccc32)cc1. The third-order valence-electron chi connectivity index (χ3n) is 12.5. The molecule has 9 aromatic carbocycles. The third kappa shape index (κ3) is 5.01. The lowest BCUT2D eigenvalue weighted by molar-refractivity contribution is 1.14. The van der Waals surface area contributed by atoms with Crippen LogP contribution in [0.15, 0.2) is 212 Å². The summed E-state index contributed by atoms with van der Waals surface area (Å²) < 4.78 is 7.06. The fourth-order valence-corrected chi connectivity index (χ4v) is 9.78. The highest BCUT2D eigenvalue weighted by atomic mass is 15.0. The van der Waals surface area contributed by atoms with Gasteiger partial charge in [0.15, 0.2) is 0 Å². The first kappa shape index (κ1) is 33.7. The lowest BCUT2D eigenvalue weighted by atomic mass is 10.0. The molecule has 0 spiro atoms. The van der Waals surface area contributed by atoms with E-state index in [-0.39, 0.29) is 0 Å². The van der Waals surface area contributed by atoms with Gasteiger partial charge in [-0.05, 0) is 77.9 Å². The summed E-state index contributed by atoms with van der Waals surface area (Å²) in [6.45, 7) is 0. The molecule has 13 aromatic rings. The van der Waals surface area contributed by atoms with E-state index in [1.807, 2.05) is 6.20 Å². The van der Waals surface area contributed by atoms with Crippen molar-refractivity contribution in [3.63, 3.8) is 0 Å². The van der Waals surface area contributed by atoms with Gasteiger partial charge in [0.1, 0.15) is 11.0 Å². The number of nitrogens with zero attached hydrogens (tertiary/aromatic N) is 5. The Kier molecular flexibility index (Phi) is 7.24. The third-order valence-corrected chi connectivity index (χ3v) is 12.5. The summed E-state index contributed by atoms with van der Waals surface area (Å²) in [6.07, 6.45) is 1.94. The van der Waals surface area contributed by atoms with Gasteiger partial charge in [-0.15, -0.1) is 0 Å². The Morgan fingerprint density at radius 3 is 1.25 bits per heavy atom. The van der Waals surface area contributed by atoms with E-state index in [1.165, 1.54) is 48.9 Å². The van der Waals surface area contributed by atoms with Gasteiger partial charge in [0.2, 0.25) is 0 Å². The van der Waals surface area contributed by atoms with E-state index in [2.05, 4.69) is 220 Å².